The Labute approximate surface area is 139 Å². The molecule has 6 nitrogen and oxygen atoms in total. The van der Waals surface area contributed by atoms with Gasteiger partial charge in [0.25, 0.3) is 0 Å². The van der Waals surface area contributed by atoms with Crippen molar-refractivity contribution in [3.63, 3.8) is 0 Å². The van der Waals surface area contributed by atoms with Gasteiger partial charge in [0.1, 0.15) is 9.39 Å². The molecule has 0 amide bonds. The van der Waals surface area contributed by atoms with Crippen molar-refractivity contribution in [3.05, 3.63) is 39.7 Å². The molecule has 0 aliphatic rings. The molecule has 0 spiro atoms. The Hall–Kier alpha value is -2.16. The van der Waals surface area contributed by atoms with Gasteiger partial charge in [-0.15, -0.1) is 0 Å². The van der Waals surface area contributed by atoms with Crippen LogP contribution in [0.1, 0.15) is 17.4 Å². The molecule has 22 heavy (non-hydrogen) atoms. The number of carbonyl (C=O) groups is 1. The Morgan fingerprint density at radius 1 is 1.36 bits per heavy atom. The summed E-state index contributed by atoms with van der Waals surface area (Å²) in [5, 5.41) is 14.8. The average molecular weight is 410 g/mol. The lowest BCUT2D eigenvalue weighted by Crippen LogP contribution is -2.08. The molecule has 0 saturated heterocycles. The summed E-state index contributed by atoms with van der Waals surface area (Å²) in [5.41, 5.74) is 1.36. The Bertz CT molecular complexity index is 846. The fraction of sp³-hybridized carbons (Fsp3) is 0.133. The highest BCUT2D eigenvalue weighted by Crippen LogP contribution is 2.37. The van der Waals surface area contributed by atoms with Crippen LogP contribution in [0.25, 0.3) is 22.2 Å². The van der Waals surface area contributed by atoms with Crippen molar-refractivity contribution >= 4 is 39.5 Å². The second-order valence-electron chi connectivity index (χ2n) is 4.42. The summed E-state index contributed by atoms with van der Waals surface area (Å²) in [4.78, 5) is 16.0. The lowest BCUT2D eigenvalue weighted by Gasteiger charge is -2.05. The first-order valence-corrected chi connectivity index (χ1v) is 7.61. The average Bonchev–Trinajstić information content (AvgIpc) is 2.98. The van der Waals surface area contributed by atoms with Crippen molar-refractivity contribution in [1.82, 2.24) is 10.1 Å². The van der Waals surface area contributed by atoms with Gasteiger partial charge in [0.2, 0.25) is 5.58 Å². The number of esters is 1. The third-order valence-corrected chi connectivity index (χ3v) is 3.84. The maximum atomic E-state index is 11.8. The van der Waals surface area contributed by atoms with E-state index in [0.29, 0.717) is 14.8 Å². The van der Waals surface area contributed by atoms with Crippen molar-refractivity contribution in [3.8, 4) is 17.0 Å². The molecule has 2 heterocycles. The lowest BCUT2D eigenvalue weighted by atomic mass is 10.1. The normalized spacial score (nSPS) is 10.8. The monoisotopic (exact) mass is 410 g/mol. The molecule has 1 N–H and O–H groups in total. The Kier molecular flexibility index (Phi) is 3.97. The van der Waals surface area contributed by atoms with Gasteiger partial charge in [-0.2, -0.15) is 0 Å². The minimum atomic E-state index is -0.697. The molecule has 0 aliphatic carbocycles. The van der Waals surface area contributed by atoms with E-state index in [1.807, 2.05) is 52.9 Å². The van der Waals surface area contributed by atoms with E-state index in [9.17, 15) is 9.90 Å². The summed E-state index contributed by atoms with van der Waals surface area (Å²) in [6.07, 6.45) is 0. The molecule has 112 valence electrons. The van der Waals surface area contributed by atoms with Crippen LogP contribution in [0, 0.1) is 3.70 Å². The van der Waals surface area contributed by atoms with Gasteiger partial charge in [-0.25, -0.2) is 9.78 Å². The molecule has 0 saturated carbocycles. The van der Waals surface area contributed by atoms with Gasteiger partial charge in [-0.3, -0.25) is 0 Å². The van der Waals surface area contributed by atoms with Gasteiger partial charge in [0.15, 0.2) is 11.4 Å². The molecule has 1 aromatic carbocycles. The molecular weight excluding hydrogens is 399 g/mol. The van der Waals surface area contributed by atoms with Gasteiger partial charge >= 0.3 is 5.97 Å². The number of hydrogen-bond donors (Lipinski definition) is 1. The number of aromatic hydroxyl groups is 1. The van der Waals surface area contributed by atoms with Crippen LogP contribution >= 0.6 is 22.6 Å². The zero-order valence-electron chi connectivity index (χ0n) is 11.5. The summed E-state index contributed by atoms with van der Waals surface area (Å²) in [7, 11) is 0. The van der Waals surface area contributed by atoms with Crippen LogP contribution in [0.4, 0.5) is 0 Å². The Morgan fingerprint density at radius 3 is 2.77 bits per heavy atom. The second-order valence-corrected chi connectivity index (χ2v) is 5.44. The number of benzene rings is 1. The van der Waals surface area contributed by atoms with Crippen molar-refractivity contribution < 1.29 is 19.2 Å². The van der Waals surface area contributed by atoms with E-state index in [0.717, 1.165) is 5.56 Å². The summed E-state index contributed by atoms with van der Waals surface area (Å²) in [6.45, 7) is 1.88. The summed E-state index contributed by atoms with van der Waals surface area (Å²) >= 11 is 1.98. The predicted molar refractivity (Wildman–Crippen MR) is 87.6 cm³/mol. The zero-order chi connectivity index (χ0) is 15.7. The Balaban J connectivity index is 2.22. The van der Waals surface area contributed by atoms with Crippen LogP contribution < -0.4 is 0 Å². The van der Waals surface area contributed by atoms with E-state index < -0.39 is 5.97 Å². The smallest absolute Gasteiger partial charge is 0.361 e. The fourth-order valence-corrected chi connectivity index (χ4v) is 2.83. The summed E-state index contributed by atoms with van der Waals surface area (Å²) in [5.74, 6) is -1.05. The van der Waals surface area contributed by atoms with Crippen LogP contribution in [-0.4, -0.2) is 27.8 Å². The van der Waals surface area contributed by atoms with Crippen LogP contribution in [0.3, 0.4) is 0 Å². The number of halogens is 1. The van der Waals surface area contributed by atoms with Gasteiger partial charge < -0.3 is 14.4 Å². The maximum absolute atomic E-state index is 11.8. The van der Waals surface area contributed by atoms with Gasteiger partial charge in [0, 0.05) is 5.56 Å². The van der Waals surface area contributed by atoms with E-state index in [2.05, 4.69) is 10.1 Å². The molecule has 0 aliphatic heterocycles. The van der Waals surface area contributed by atoms with E-state index in [-0.39, 0.29) is 23.6 Å². The van der Waals surface area contributed by atoms with Crippen molar-refractivity contribution in [1.29, 1.82) is 0 Å². The van der Waals surface area contributed by atoms with Crippen molar-refractivity contribution in [2.75, 3.05) is 6.61 Å². The number of carbonyl (C=O) groups excluding carboxylic acids is 1. The number of fused-ring (bicyclic) bond motifs is 1. The third-order valence-electron chi connectivity index (χ3n) is 3.06. The molecule has 0 unspecified atom stereocenters. The SMILES string of the molecule is CCOC(=O)c1nc(I)c2c(-c3ccccc3)noc2c1O. The summed E-state index contributed by atoms with van der Waals surface area (Å²) < 4.78 is 10.6. The van der Waals surface area contributed by atoms with Crippen LogP contribution in [0.5, 0.6) is 5.75 Å². The first kappa shape index (κ1) is 14.8. The van der Waals surface area contributed by atoms with Gasteiger partial charge in [-0.1, -0.05) is 35.5 Å². The largest absolute Gasteiger partial charge is 0.502 e. The highest BCUT2D eigenvalue weighted by Gasteiger charge is 2.25. The standard InChI is InChI=1S/C15H11IN2O4/c1-2-21-15(20)11-12(19)13-9(14(16)17-11)10(18-22-13)8-6-4-3-5-7-8/h3-7,19H,2H2,1H3. The minimum Gasteiger partial charge on any atom is -0.502 e. The van der Waals surface area contributed by atoms with E-state index in [1.165, 1.54) is 0 Å². The number of rotatable bonds is 3. The van der Waals surface area contributed by atoms with E-state index in [4.69, 9.17) is 9.26 Å². The first-order valence-electron chi connectivity index (χ1n) is 6.53. The topological polar surface area (TPSA) is 85.5 Å². The molecule has 0 radical (unpaired) electrons. The zero-order valence-corrected chi connectivity index (χ0v) is 13.7. The van der Waals surface area contributed by atoms with Crippen LogP contribution in [0.2, 0.25) is 0 Å². The second kappa shape index (κ2) is 5.91. The highest BCUT2D eigenvalue weighted by molar-refractivity contribution is 14.1. The van der Waals surface area contributed by atoms with Crippen molar-refractivity contribution in [2.24, 2.45) is 0 Å². The number of nitrogens with zero attached hydrogens (tertiary/aromatic N) is 2. The maximum Gasteiger partial charge on any atom is 0.361 e. The molecule has 0 bridgehead atoms. The summed E-state index contributed by atoms with van der Waals surface area (Å²) in [6, 6.07) is 9.41. The van der Waals surface area contributed by atoms with Gasteiger partial charge in [0.05, 0.1) is 12.0 Å². The predicted octanol–water partition coefficient (Wildman–Crippen LogP) is 3.38. The molecule has 3 aromatic rings. The molecule has 0 fully saturated rings. The fourth-order valence-electron chi connectivity index (χ4n) is 2.09. The van der Waals surface area contributed by atoms with E-state index in [1.54, 1.807) is 6.92 Å². The molecule has 3 rings (SSSR count). The van der Waals surface area contributed by atoms with Gasteiger partial charge in [-0.05, 0) is 29.5 Å². The highest BCUT2D eigenvalue weighted by atomic mass is 127. The Morgan fingerprint density at radius 2 is 2.09 bits per heavy atom. The molecule has 0 atom stereocenters. The van der Waals surface area contributed by atoms with Crippen molar-refractivity contribution in [2.45, 2.75) is 6.92 Å². The molecular formula is C15H11IN2O4. The van der Waals surface area contributed by atoms with Crippen LogP contribution in [-0.2, 0) is 4.74 Å². The van der Waals surface area contributed by atoms with Crippen LogP contribution in [0.15, 0.2) is 34.9 Å². The third kappa shape index (κ3) is 2.41. The first-order chi connectivity index (χ1) is 10.6. The lowest BCUT2D eigenvalue weighted by molar-refractivity contribution is 0.0515. The molecule has 2 aromatic heterocycles. The number of pyridine rings is 1. The number of hydrogen-bond acceptors (Lipinski definition) is 6. The number of aromatic nitrogens is 2. The number of ether oxygens (including phenoxy) is 1. The minimum absolute atomic E-state index is 0.126. The molecule has 7 heteroatoms. The quantitative estimate of drug-likeness (QED) is 0.405. The van der Waals surface area contributed by atoms with E-state index >= 15 is 0 Å².